The summed E-state index contributed by atoms with van der Waals surface area (Å²) in [6.45, 7) is 4.06. The number of nitrogens with zero attached hydrogens (tertiary/aromatic N) is 2. The highest BCUT2D eigenvalue weighted by Crippen LogP contribution is 2.38. The van der Waals surface area contributed by atoms with E-state index in [4.69, 9.17) is 21.7 Å². The number of hydrogen-bond acceptors (Lipinski definition) is 4. The molecule has 0 aliphatic carbocycles. The van der Waals surface area contributed by atoms with Crippen LogP contribution < -0.4 is 9.64 Å². The smallest absolute Gasteiger partial charge is 0.145 e. The van der Waals surface area contributed by atoms with Gasteiger partial charge in [0.05, 0.1) is 35.9 Å². The van der Waals surface area contributed by atoms with E-state index < -0.39 is 0 Å². The molecule has 2 aromatic carbocycles. The summed E-state index contributed by atoms with van der Waals surface area (Å²) in [5.41, 5.74) is 4.71. The second-order valence-corrected chi connectivity index (χ2v) is 7.04. The molecule has 0 fully saturated rings. The van der Waals surface area contributed by atoms with Crippen LogP contribution in [-0.4, -0.2) is 34.6 Å². The minimum absolute atomic E-state index is 0.0884. The molecule has 3 N–H and O–H groups in total. The molecular formula is C20H19ClN4O2. The Morgan fingerprint density at radius 2 is 2.04 bits per heavy atom. The van der Waals surface area contributed by atoms with Gasteiger partial charge < -0.3 is 19.7 Å². The van der Waals surface area contributed by atoms with Crippen LogP contribution in [0.2, 0.25) is 5.02 Å². The number of amidine groups is 1. The van der Waals surface area contributed by atoms with E-state index in [0.717, 1.165) is 22.2 Å². The highest BCUT2D eigenvalue weighted by atomic mass is 35.5. The SMILES string of the molecule is COc1cc(Cl)c(C)cc1N1CC(O)=C(c2nc3ccc(C)cc3[nH]2)C1=N. The molecule has 0 amide bonds. The number of nitrogens with one attached hydrogen (secondary N) is 2. The van der Waals surface area contributed by atoms with Gasteiger partial charge in [-0.3, -0.25) is 5.41 Å². The lowest BCUT2D eigenvalue weighted by molar-refractivity contribution is 0.406. The molecule has 3 aromatic rings. The first-order chi connectivity index (χ1) is 12.9. The standard InChI is InChI=1S/C20H19ClN4O2/c1-10-4-5-13-14(6-10)24-20(23-13)18-16(26)9-25(19(18)22)15-7-11(2)12(21)8-17(15)27-3/h4-8,22,26H,9H2,1-3H3,(H,23,24). The van der Waals surface area contributed by atoms with E-state index in [-0.39, 0.29) is 18.1 Å². The molecule has 138 valence electrons. The predicted molar refractivity (Wildman–Crippen MR) is 108 cm³/mol. The third-order valence-corrected chi connectivity index (χ3v) is 5.14. The van der Waals surface area contributed by atoms with Crippen molar-refractivity contribution in [3.63, 3.8) is 0 Å². The minimum Gasteiger partial charge on any atom is -0.509 e. The van der Waals surface area contributed by atoms with Crippen LogP contribution >= 0.6 is 11.6 Å². The van der Waals surface area contributed by atoms with Crippen LogP contribution in [0.5, 0.6) is 5.75 Å². The molecule has 0 atom stereocenters. The fourth-order valence-electron chi connectivity index (χ4n) is 3.30. The topological polar surface area (TPSA) is 85.2 Å². The number of halogens is 1. The van der Waals surface area contributed by atoms with Crippen molar-refractivity contribution < 1.29 is 9.84 Å². The lowest BCUT2D eigenvalue weighted by Crippen LogP contribution is -2.26. The molecule has 7 heteroatoms. The van der Waals surface area contributed by atoms with E-state index in [1.807, 2.05) is 38.1 Å². The van der Waals surface area contributed by atoms with Crippen molar-refractivity contribution in [2.24, 2.45) is 0 Å². The molecule has 0 saturated heterocycles. The summed E-state index contributed by atoms with van der Waals surface area (Å²) in [4.78, 5) is 9.44. The Balaban J connectivity index is 1.76. The maximum atomic E-state index is 10.6. The van der Waals surface area contributed by atoms with Crippen molar-refractivity contribution >= 4 is 39.7 Å². The number of anilines is 1. The number of aryl methyl sites for hydroxylation is 2. The number of aromatic amines is 1. The van der Waals surface area contributed by atoms with Crippen molar-refractivity contribution in [3.05, 3.63) is 58.1 Å². The van der Waals surface area contributed by atoms with Crippen molar-refractivity contribution in [1.82, 2.24) is 9.97 Å². The van der Waals surface area contributed by atoms with E-state index in [1.165, 1.54) is 0 Å². The monoisotopic (exact) mass is 382 g/mol. The number of benzene rings is 2. The Morgan fingerprint density at radius 1 is 1.26 bits per heavy atom. The van der Waals surface area contributed by atoms with E-state index in [1.54, 1.807) is 18.1 Å². The van der Waals surface area contributed by atoms with Gasteiger partial charge >= 0.3 is 0 Å². The van der Waals surface area contributed by atoms with E-state index in [9.17, 15) is 5.11 Å². The van der Waals surface area contributed by atoms with Crippen LogP contribution in [0.3, 0.4) is 0 Å². The first-order valence-electron chi connectivity index (χ1n) is 8.48. The number of fused-ring (bicyclic) bond motifs is 1. The quantitative estimate of drug-likeness (QED) is 0.617. The van der Waals surface area contributed by atoms with Crippen molar-refractivity contribution in [2.75, 3.05) is 18.6 Å². The van der Waals surface area contributed by atoms with Crippen molar-refractivity contribution in [3.8, 4) is 5.75 Å². The summed E-state index contributed by atoms with van der Waals surface area (Å²) in [6, 6.07) is 9.47. The molecule has 1 aliphatic rings. The molecule has 27 heavy (non-hydrogen) atoms. The molecular weight excluding hydrogens is 364 g/mol. The van der Waals surface area contributed by atoms with Gasteiger partial charge in [0.25, 0.3) is 0 Å². The molecule has 2 heterocycles. The van der Waals surface area contributed by atoms with Crippen molar-refractivity contribution in [1.29, 1.82) is 5.41 Å². The second-order valence-electron chi connectivity index (χ2n) is 6.64. The zero-order chi connectivity index (χ0) is 19.3. The second kappa shape index (κ2) is 6.32. The normalized spacial score (nSPS) is 14.5. The van der Waals surface area contributed by atoms with Gasteiger partial charge in [0.1, 0.15) is 23.2 Å². The van der Waals surface area contributed by atoms with Gasteiger partial charge in [-0.1, -0.05) is 17.7 Å². The molecule has 0 bridgehead atoms. The fraction of sp³-hybridized carbons (Fsp3) is 0.200. The van der Waals surface area contributed by atoms with Gasteiger partial charge in [-0.15, -0.1) is 0 Å². The van der Waals surface area contributed by atoms with Crippen LogP contribution in [0.4, 0.5) is 5.69 Å². The highest BCUT2D eigenvalue weighted by Gasteiger charge is 2.33. The summed E-state index contributed by atoms with van der Waals surface area (Å²) in [7, 11) is 1.56. The van der Waals surface area contributed by atoms with E-state index in [2.05, 4.69) is 9.97 Å². The molecule has 4 rings (SSSR count). The summed E-state index contributed by atoms with van der Waals surface area (Å²) in [5, 5.41) is 19.8. The Kier molecular flexibility index (Phi) is 4.08. The number of rotatable bonds is 3. The summed E-state index contributed by atoms with van der Waals surface area (Å²) in [6.07, 6.45) is 0. The molecule has 0 spiro atoms. The lowest BCUT2D eigenvalue weighted by Gasteiger charge is -2.22. The predicted octanol–water partition coefficient (Wildman–Crippen LogP) is 4.61. The van der Waals surface area contributed by atoms with E-state index >= 15 is 0 Å². The molecule has 1 aromatic heterocycles. The van der Waals surface area contributed by atoms with Crippen molar-refractivity contribution in [2.45, 2.75) is 13.8 Å². The lowest BCUT2D eigenvalue weighted by atomic mass is 10.1. The average Bonchev–Trinajstić information content (AvgIpc) is 3.16. The minimum atomic E-state index is 0.0884. The van der Waals surface area contributed by atoms with Gasteiger partial charge in [0, 0.05) is 11.1 Å². The van der Waals surface area contributed by atoms with Crippen LogP contribution in [0.1, 0.15) is 17.0 Å². The zero-order valence-electron chi connectivity index (χ0n) is 15.2. The largest absolute Gasteiger partial charge is 0.509 e. The van der Waals surface area contributed by atoms with Crippen LogP contribution in [-0.2, 0) is 0 Å². The fourth-order valence-corrected chi connectivity index (χ4v) is 3.45. The number of aliphatic hydroxyl groups excluding tert-OH is 1. The first kappa shape index (κ1) is 17.4. The Hall–Kier alpha value is -2.99. The van der Waals surface area contributed by atoms with Gasteiger partial charge in [0.2, 0.25) is 0 Å². The average molecular weight is 383 g/mol. The number of aromatic nitrogens is 2. The molecule has 1 aliphatic heterocycles. The Bertz CT molecular complexity index is 1120. The number of ether oxygens (including phenoxy) is 1. The highest BCUT2D eigenvalue weighted by molar-refractivity contribution is 6.32. The molecule has 0 unspecified atom stereocenters. The van der Waals surface area contributed by atoms with Crippen LogP contribution in [0.15, 0.2) is 36.1 Å². The summed E-state index contributed by atoms with van der Waals surface area (Å²) >= 11 is 6.19. The number of methoxy groups -OCH3 is 1. The number of H-pyrrole nitrogens is 1. The van der Waals surface area contributed by atoms with Gasteiger partial charge in [-0.25, -0.2) is 4.98 Å². The third-order valence-electron chi connectivity index (χ3n) is 4.73. The number of aliphatic hydroxyl groups is 1. The third kappa shape index (κ3) is 2.82. The van der Waals surface area contributed by atoms with Gasteiger partial charge in [-0.05, 0) is 43.2 Å². The Morgan fingerprint density at radius 3 is 2.78 bits per heavy atom. The zero-order valence-corrected chi connectivity index (χ0v) is 16.0. The summed E-state index contributed by atoms with van der Waals surface area (Å²) < 4.78 is 5.43. The maximum absolute atomic E-state index is 10.6. The maximum Gasteiger partial charge on any atom is 0.145 e. The molecule has 6 nitrogen and oxygen atoms in total. The Labute approximate surface area is 161 Å². The van der Waals surface area contributed by atoms with Crippen LogP contribution in [0, 0.1) is 19.3 Å². The molecule has 0 radical (unpaired) electrons. The first-order valence-corrected chi connectivity index (χ1v) is 8.86. The molecule has 0 saturated carbocycles. The van der Waals surface area contributed by atoms with E-state index in [0.29, 0.717) is 27.9 Å². The summed E-state index contributed by atoms with van der Waals surface area (Å²) in [5.74, 6) is 1.27. The van der Waals surface area contributed by atoms with Gasteiger partial charge in [-0.2, -0.15) is 0 Å². The van der Waals surface area contributed by atoms with Gasteiger partial charge in [0.15, 0.2) is 0 Å². The number of imidazole rings is 1. The number of hydrogen-bond donors (Lipinski definition) is 3. The van der Waals surface area contributed by atoms with Crippen LogP contribution in [0.25, 0.3) is 16.6 Å².